The van der Waals surface area contributed by atoms with Crippen LogP contribution in [0.1, 0.15) is 15.9 Å². The summed E-state index contributed by atoms with van der Waals surface area (Å²) in [5.74, 6) is -0.0172. The van der Waals surface area contributed by atoms with Crippen molar-refractivity contribution in [3.05, 3.63) is 35.4 Å². The third kappa shape index (κ3) is 3.90. The molecule has 2 amide bonds. The van der Waals surface area contributed by atoms with E-state index in [9.17, 15) is 9.59 Å². The van der Waals surface area contributed by atoms with Crippen molar-refractivity contribution in [3.8, 4) is 0 Å². The molecule has 1 aromatic rings. The van der Waals surface area contributed by atoms with Gasteiger partial charge in [-0.25, -0.2) is 0 Å². The summed E-state index contributed by atoms with van der Waals surface area (Å²) >= 11 is 0. The number of benzene rings is 1. The Morgan fingerprint density at radius 2 is 2.12 bits per heavy atom. The van der Waals surface area contributed by atoms with E-state index in [1.165, 1.54) is 0 Å². The van der Waals surface area contributed by atoms with E-state index in [-0.39, 0.29) is 23.5 Å². The second-order valence-corrected chi connectivity index (χ2v) is 7.24. The van der Waals surface area contributed by atoms with Crippen LogP contribution in [-0.2, 0) is 14.3 Å². The van der Waals surface area contributed by atoms with E-state index in [1.54, 1.807) is 7.11 Å². The molecular formula is C19H27N3O4. The molecule has 7 heteroatoms. The predicted molar refractivity (Wildman–Crippen MR) is 97.1 cm³/mol. The average Bonchev–Trinajstić information content (AvgIpc) is 2.59. The van der Waals surface area contributed by atoms with Crippen molar-refractivity contribution in [2.24, 2.45) is 0 Å². The van der Waals surface area contributed by atoms with Crippen LogP contribution in [0.2, 0.25) is 0 Å². The summed E-state index contributed by atoms with van der Waals surface area (Å²) in [6.07, 6.45) is 0. The minimum absolute atomic E-state index is 0.0324. The molecule has 1 spiro atoms. The highest BCUT2D eigenvalue weighted by molar-refractivity contribution is 5.95. The van der Waals surface area contributed by atoms with E-state index in [0.29, 0.717) is 45.0 Å². The SMILES string of the molecule is COCCNC(=O)[C@H]1COC2(CN(C(=O)c3cccc(C)c3)C2)CN1C. The molecule has 2 saturated heterocycles. The Kier molecular flexibility index (Phi) is 5.60. The molecule has 0 bridgehead atoms. The lowest BCUT2D eigenvalue weighted by atomic mass is 9.90. The van der Waals surface area contributed by atoms with Crippen molar-refractivity contribution in [2.75, 3.05) is 53.6 Å². The molecule has 142 valence electrons. The van der Waals surface area contributed by atoms with Crippen LogP contribution in [0.5, 0.6) is 0 Å². The molecule has 1 atom stereocenters. The minimum Gasteiger partial charge on any atom is -0.383 e. The maximum atomic E-state index is 12.6. The van der Waals surface area contributed by atoms with Crippen molar-refractivity contribution < 1.29 is 19.1 Å². The standard InChI is InChI=1S/C19H27N3O4/c1-14-5-4-6-15(9-14)18(24)22-12-19(13-22)11-21(2)16(10-26-19)17(23)20-7-8-25-3/h4-6,9,16H,7-8,10-13H2,1-3H3,(H,20,23)/t16-/m1/s1. The van der Waals surface area contributed by atoms with E-state index < -0.39 is 0 Å². The Bertz CT molecular complexity index is 673. The van der Waals surface area contributed by atoms with Crippen molar-refractivity contribution in [1.82, 2.24) is 15.1 Å². The fourth-order valence-electron chi connectivity index (χ4n) is 3.61. The molecule has 0 unspecified atom stereocenters. The first kappa shape index (κ1) is 18.8. The van der Waals surface area contributed by atoms with Gasteiger partial charge < -0.3 is 19.7 Å². The van der Waals surface area contributed by atoms with Crippen molar-refractivity contribution in [2.45, 2.75) is 18.6 Å². The van der Waals surface area contributed by atoms with Crippen molar-refractivity contribution >= 4 is 11.8 Å². The summed E-state index contributed by atoms with van der Waals surface area (Å²) in [6.45, 7) is 5.04. The fraction of sp³-hybridized carbons (Fsp3) is 0.579. The minimum atomic E-state index is -0.364. The number of ether oxygens (including phenoxy) is 2. The first-order chi connectivity index (χ1) is 12.4. The number of aryl methyl sites for hydroxylation is 1. The fourth-order valence-corrected chi connectivity index (χ4v) is 3.61. The lowest BCUT2D eigenvalue weighted by molar-refractivity contribution is -0.187. The van der Waals surface area contributed by atoms with Crippen molar-refractivity contribution in [1.29, 1.82) is 0 Å². The van der Waals surface area contributed by atoms with Gasteiger partial charge in [-0.15, -0.1) is 0 Å². The summed E-state index contributed by atoms with van der Waals surface area (Å²) in [5, 5.41) is 2.85. The molecule has 2 aliphatic heterocycles. The van der Waals surface area contributed by atoms with Gasteiger partial charge in [0.25, 0.3) is 5.91 Å². The Hall–Kier alpha value is -1.96. The van der Waals surface area contributed by atoms with Crippen LogP contribution in [0.4, 0.5) is 0 Å². The molecule has 2 fully saturated rings. The highest BCUT2D eigenvalue weighted by Crippen LogP contribution is 2.31. The van der Waals surface area contributed by atoms with E-state index in [0.717, 1.165) is 5.56 Å². The number of amides is 2. The van der Waals surface area contributed by atoms with Gasteiger partial charge in [-0.05, 0) is 26.1 Å². The number of nitrogens with zero attached hydrogens (tertiary/aromatic N) is 2. The number of hydrogen-bond donors (Lipinski definition) is 1. The van der Waals surface area contributed by atoms with E-state index in [2.05, 4.69) is 5.32 Å². The summed E-state index contributed by atoms with van der Waals surface area (Å²) in [7, 11) is 3.53. The summed E-state index contributed by atoms with van der Waals surface area (Å²) in [6, 6.07) is 7.32. The lowest BCUT2D eigenvalue weighted by Gasteiger charge is -2.54. The molecule has 3 rings (SSSR count). The first-order valence-electron chi connectivity index (χ1n) is 8.91. The molecule has 2 heterocycles. The number of likely N-dealkylation sites (N-methyl/N-ethyl adjacent to an activating group) is 1. The number of rotatable bonds is 5. The Labute approximate surface area is 154 Å². The van der Waals surface area contributed by atoms with Gasteiger partial charge in [0.05, 0.1) is 26.3 Å². The number of hydrogen-bond acceptors (Lipinski definition) is 5. The molecule has 26 heavy (non-hydrogen) atoms. The van der Waals surface area contributed by atoms with Gasteiger partial charge in [-0.3, -0.25) is 14.5 Å². The van der Waals surface area contributed by atoms with Gasteiger partial charge in [-0.1, -0.05) is 17.7 Å². The zero-order valence-corrected chi connectivity index (χ0v) is 15.7. The number of methoxy groups -OCH3 is 1. The largest absolute Gasteiger partial charge is 0.383 e. The number of morpholine rings is 1. The zero-order chi connectivity index (χ0) is 18.7. The molecule has 0 aliphatic carbocycles. The monoisotopic (exact) mass is 361 g/mol. The van der Waals surface area contributed by atoms with Crippen LogP contribution >= 0.6 is 0 Å². The molecule has 0 radical (unpaired) electrons. The zero-order valence-electron chi connectivity index (χ0n) is 15.7. The Balaban J connectivity index is 1.52. The smallest absolute Gasteiger partial charge is 0.254 e. The average molecular weight is 361 g/mol. The van der Waals surface area contributed by atoms with E-state index in [4.69, 9.17) is 9.47 Å². The van der Waals surface area contributed by atoms with Gasteiger partial charge in [0.15, 0.2) is 0 Å². The van der Waals surface area contributed by atoms with E-state index >= 15 is 0 Å². The van der Waals surface area contributed by atoms with Gasteiger partial charge in [0.1, 0.15) is 11.6 Å². The normalized spacial score (nSPS) is 22.1. The van der Waals surface area contributed by atoms with E-state index in [1.807, 2.05) is 48.0 Å². The summed E-state index contributed by atoms with van der Waals surface area (Å²) in [4.78, 5) is 28.6. The van der Waals surface area contributed by atoms with Crippen LogP contribution in [0, 0.1) is 6.92 Å². The van der Waals surface area contributed by atoms with Crippen LogP contribution in [0.3, 0.4) is 0 Å². The molecule has 0 aromatic heterocycles. The van der Waals surface area contributed by atoms with Gasteiger partial charge in [0, 0.05) is 25.8 Å². The number of nitrogens with one attached hydrogen (secondary N) is 1. The van der Waals surface area contributed by atoms with Crippen LogP contribution in [-0.4, -0.2) is 86.8 Å². The second kappa shape index (κ2) is 7.73. The maximum Gasteiger partial charge on any atom is 0.254 e. The first-order valence-corrected chi connectivity index (χ1v) is 8.91. The summed E-state index contributed by atoms with van der Waals surface area (Å²) in [5.41, 5.74) is 1.42. The molecule has 7 nitrogen and oxygen atoms in total. The summed E-state index contributed by atoms with van der Waals surface area (Å²) < 4.78 is 11.0. The lowest BCUT2D eigenvalue weighted by Crippen LogP contribution is -2.73. The predicted octanol–water partition coefficient (Wildman–Crippen LogP) is 0.283. The van der Waals surface area contributed by atoms with Crippen LogP contribution < -0.4 is 5.32 Å². The molecule has 1 aromatic carbocycles. The highest BCUT2D eigenvalue weighted by Gasteiger charge is 2.51. The van der Waals surface area contributed by atoms with Crippen molar-refractivity contribution in [3.63, 3.8) is 0 Å². The number of carbonyl (C=O) groups excluding carboxylic acids is 2. The molecule has 1 N–H and O–H groups in total. The van der Waals surface area contributed by atoms with Gasteiger partial charge in [0.2, 0.25) is 5.91 Å². The second-order valence-electron chi connectivity index (χ2n) is 7.24. The Morgan fingerprint density at radius 1 is 1.35 bits per heavy atom. The van der Waals surface area contributed by atoms with Gasteiger partial charge >= 0.3 is 0 Å². The third-order valence-corrected chi connectivity index (χ3v) is 5.04. The maximum absolute atomic E-state index is 12.6. The quantitative estimate of drug-likeness (QED) is 0.763. The van der Waals surface area contributed by atoms with Gasteiger partial charge in [-0.2, -0.15) is 0 Å². The molecule has 0 saturated carbocycles. The number of carbonyl (C=O) groups is 2. The Morgan fingerprint density at radius 3 is 2.77 bits per heavy atom. The molecular weight excluding hydrogens is 334 g/mol. The van der Waals surface area contributed by atoms with Crippen LogP contribution in [0.25, 0.3) is 0 Å². The highest BCUT2D eigenvalue weighted by atomic mass is 16.5. The topological polar surface area (TPSA) is 71.1 Å². The van der Waals surface area contributed by atoms with Crippen LogP contribution in [0.15, 0.2) is 24.3 Å². The third-order valence-electron chi connectivity index (χ3n) is 5.04. The number of likely N-dealkylation sites (tertiary alicyclic amines) is 1. The molecule has 2 aliphatic rings.